The smallest absolute Gasteiger partial charge is 0.251 e. The molecule has 35 heavy (non-hydrogen) atoms. The Balaban J connectivity index is 1.56. The Labute approximate surface area is 211 Å². The number of pyridine rings is 1. The molecule has 2 N–H and O–H groups in total. The quantitative estimate of drug-likeness (QED) is 0.446. The second-order valence-corrected chi connectivity index (χ2v) is 10.1. The van der Waals surface area contributed by atoms with Gasteiger partial charge >= 0.3 is 0 Å². The molecule has 2 aromatic heterocycles. The summed E-state index contributed by atoms with van der Waals surface area (Å²) in [6.45, 7) is 6.64. The number of hydrogen-bond acceptors (Lipinski definition) is 5. The summed E-state index contributed by atoms with van der Waals surface area (Å²) in [5, 5.41) is 10.9. The van der Waals surface area contributed by atoms with Crippen LogP contribution in [0.1, 0.15) is 59.8 Å². The van der Waals surface area contributed by atoms with Crippen LogP contribution >= 0.6 is 11.6 Å². The number of aromatic amines is 1. The second kappa shape index (κ2) is 10.5. The topological polar surface area (TPSA) is 77.1 Å². The van der Waals surface area contributed by atoms with E-state index in [0.29, 0.717) is 33.9 Å². The van der Waals surface area contributed by atoms with E-state index in [1.165, 1.54) is 0 Å². The monoisotopic (exact) mass is 500 g/mol. The molecule has 0 aliphatic heterocycles. The summed E-state index contributed by atoms with van der Waals surface area (Å²) in [7, 11) is 4.29. The first-order chi connectivity index (χ1) is 16.7. The molecule has 0 atom stereocenters. The average molecular weight is 501 g/mol. The van der Waals surface area contributed by atoms with Crippen LogP contribution in [0.4, 0.5) is 10.1 Å². The Morgan fingerprint density at radius 3 is 2.54 bits per heavy atom. The summed E-state index contributed by atoms with van der Waals surface area (Å²) in [4.78, 5) is 21.9. The van der Waals surface area contributed by atoms with Crippen LogP contribution in [0, 0.1) is 19.8 Å². The highest BCUT2D eigenvalue weighted by Gasteiger charge is 2.28. The van der Waals surface area contributed by atoms with E-state index >= 15 is 0 Å². The van der Waals surface area contributed by atoms with Gasteiger partial charge in [-0.2, -0.15) is 9.49 Å². The molecule has 1 aromatic carbocycles. The molecular weight excluding hydrogens is 467 g/mol. The van der Waals surface area contributed by atoms with Gasteiger partial charge in [-0.25, -0.2) is 4.98 Å². The zero-order valence-corrected chi connectivity index (χ0v) is 21.8. The fourth-order valence-electron chi connectivity index (χ4n) is 5.30. The minimum atomic E-state index is -0.617. The number of carbonyl (C=O) groups is 1. The van der Waals surface area contributed by atoms with Crippen LogP contribution in [0.25, 0.3) is 10.9 Å². The summed E-state index contributed by atoms with van der Waals surface area (Å²) >= 11 is 6.50. The van der Waals surface area contributed by atoms with E-state index < -0.39 is 5.95 Å². The van der Waals surface area contributed by atoms with Crippen molar-refractivity contribution in [1.82, 2.24) is 25.4 Å². The Kier molecular flexibility index (Phi) is 7.62. The molecule has 188 valence electrons. The molecule has 0 bridgehead atoms. The number of carbonyl (C=O) groups excluding carboxylic acids is 1. The maximum atomic E-state index is 14.6. The lowest BCUT2D eigenvalue weighted by molar-refractivity contribution is 0.0950. The highest BCUT2D eigenvalue weighted by Crippen LogP contribution is 2.34. The Hall–Kier alpha value is -2.71. The van der Waals surface area contributed by atoms with Crippen molar-refractivity contribution in [2.75, 3.05) is 25.5 Å². The molecule has 2 heterocycles. The third-order valence-corrected chi connectivity index (χ3v) is 7.57. The van der Waals surface area contributed by atoms with Crippen LogP contribution < -0.4 is 10.2 Å². The van der Waals surface area contributed by atoms with Crippen molar-refractivity contribution in [3.05, 3.63) is 51.7 Å². The lowest BCUT2D eigenvalue weighted by Crippen LogP contribution is -2.42. The average Bonchev–Trinajstić information content (AvgIpc) is 3.32. The summed E-state index contributed by atoms with van der Waals surface area (Å²) in [5.41, 5.74) is 3.73. The van der Waals surface area contributed by atoms with Crippen molar-refractivity contribution in [3.63, 3.8) is 0 Å². The molecule has 1 fully saturated rings. The Morgan fingerprint density at radius 1 is 1.20 bits per heavy atom. The number of aromatic nitrogens is 3. The normalized spacial score (nSPS) is 18.3. The van der Waals surface area contributed by atoms with E-state index in [4.69, 9.17) is 11.6 Å². The van der Waals surface area contributed by atoms with Crippen LogP contribution in [-0.4, -0.2) is 58.7 Å². The lowest BCUT2D eigenvalue weighted by atomic mass is 9.89. The summed E-state index contributed by atoms with van der Waals surface area (Å²) in [6, 6.07) is 4.66. The van der Waals surface area contributed by atoms with E-state index in [2.05, 4.69) is 51.3 Å². The Bertz CT molecular complexity index is 1220. The molecule has 0 radical (unpaired) electrons. The first kappa shape index (κ1) is 25.4. The fraction of sp³-hybridized carbons (Fsp3) is 0.500. The number of hydrogen-bond donors (Lipinski definition) is 2. The van der Waals surface area contributed by atoms with Gasteiger partial charge in [0.15, 0.2) is 0 Å². The van der Waals surface area contributed by atoms with Gasteiger partial charge in [0.2, 0.25) is 5.95 Å². The first-order valence-corrected chi connectivity index (χ1v) is 12.6. The molecule has 0 unspecified atom stereocenters. The van der Waals surface area contributed by atoms with E-state index in [1.54, 1.807) is 19.2 Å². The molecule has 9 heteroatoms. The molecule has 0 saturated heterocycles. The standard InChI is InChI=1S/C26H34ClFN6O/c1-6-34(19-9-7-18(8-10-19)33(4)5)23-12-17(27)11-20(15(23)2)26(35)29-13-22-24-21(14-30-32-24)16(3)31-25(22)28/h11-12,14,18-19H,6-10,13H2,1-5H3,(H,29,35)(H,30,32). The number of benzene rings is 1. The van der Waals surface area contributed by atoms with Gasteiger partial charge in [0.25, 0.3) is 5.91 Å². The number of anilines is 1. The van der Waals surface area contributed by atoms with Crippen molar-refractivity contribution >= 4 is 34.1 Å². The van der Waals surface area contributed by atoms with Crippen molar-refractivity contribution in [3.8, 4) is 0 Å². The summed E-state index contributed by atoms with van der Waals surface area (Å²) in [6.07, 6.45) is 6.12. The third-order valence-electron chi connectivity index (χ3n) is 7.35. The van der Waals surface area contributed by atoms with Crippen LogP contribution in [-0.2, 0) is 6.54 Å². The first-order valence-electron chi connectivity index (χ1n) is 12.2. The van der Waals surface area contributed by atoms with Crippen LogP contribution in [0.15, 0.2) is 18.3 Å². The second-order valence-electron chi connectivity index (χ2n) is 9.62. The van der Waals surface area contributed by atoms with Crippen LogP contribution in [0.2, 0.25) is 5.02 Å². The number of nitrogens with zero attached hydrogens (tertiary/aromatic N) is 4. The zero-order valence-electron chi connectivity index (χ0n) is 21.1. The van der Waals surface area contributed by atoms with Gasteiger partial charge in [0.1, 0.15) is 0 Å². The number of aryl methyl sites for hydroxylation is 1. The van der Waals surface area contributed by atoms with Crippen molar-refractivity contribution in [2.24, 2.45) is 0 Å². The Morgan fingerprint density at radius 2 is 1.89 bits per heavy atom. The van der Waals surface area contributed by atoms with E-state index in [0.717, 1.165) is 48.9 Å². The number of H-pyrrole nitrogens is 1. The molecule has 3 aromatic rings. The maximum absolute atomic E-state index is 14.6. The molecule has 7 nitrogen and oxygen atoms in total. The predicted octanol–water partition coefficient (Wildman–Crippen LogP) is 5.00. The van der Waals surface area contributed by atoms with Gasteiger partial charge in [0, 0.05) is 46.8 Å². The largest absolute Gasteiger partial charge is 0.369 e. The number of nitrogens with one attached hydrogen (secondary N) is 2. The molecule has 4 rings (SSSR count). The minimum absolute atomic E-state index is 0.00995. The molecule has 1 aliphatic rings. The molecule has 0 spiro atoms. The third kappa shape index (κ3) is 5.14. The summed E-state index contributed by atoms with van der Waals surface area (Å²) < 4.78 is 14.6. The SMILES string of the molecule is CCN(c1cc(Cl)cc(C(=O)NCc2c(F)nc(C)c3cn[nH]c23)c1C)C1CCC(N(C)C)CC1. The maximum Gasteiger partial charge on any atom is 0.251 e. The van der Waals surface area contributed by atoms with Crippen molar-refractivity contribution in [2.45, 2.75) is 65.1 Å². The van der Waals surface area contributed by atoms with Crippen molar-refractivity contribution in [1.29, 1.82) is 0 Å². The van der Waals surface area contributed by atoms with Gasteiger partial charge in [-0.05, 0) is 78.2 Å². The van der Waals surface area contributed by atoms with Crippen LogP contribution in [0.5, 0.6) is 0 Å². The fourth-order valence-corrected chi connectivity index (χ4v) is 5.52. The molecule has 1 aliphatic carbocycles. The van der Waals surface area contributed by atoms with Gasteiger partial charge in [-0.1, -0.05) is 11.6 Å². The van der Waals surface area contributed by atoms with E-state index in [9.17, 15) is 9.18 Å². The van der Waals surface area contributed by atoms with Gasteiger partial charge in [0.05, 0.1) is 23.0 Å². The number of halogens is 2. The highest BCUT2D eigenvalue weighted by molar-refractivity contribution is 6.31. The number of amides is 1. The van der Waals surface area contributed by atoms with Crippen molar-refractivity contribution < 1.29 is 9.18 Å². The van der Waals surface area contributed by atoms with Gasteiger partial charge < -0.3 is 15.1 Å². The molecule has 1 amide bonds. The zero-order chi connectivity index (χ0) is 25.3. The number of rotatable bonds is 7. The lowest BCUT2D eigenvalue weighted by Gasteiger charge is -2.40. The molecule has 1 saturated carbocycles. The van der Waals surface area contributed by atoms with Gasteiger partial charge in [-0.3, -0.25) is 9.89 Å². The minimum Gasteiger partial charge on any atom is -0.369 e. The van der Waals surface area contributed by atoms with Gasteiger partial charge in [-0.15, -0.1) is 0 Å². The van der Waals surface area contributed by atoms with E-state index in [1.807, 2.05) is 13.0 Å². The highest BCUT2D eigenvalue weighted by atomic mass is 35.5. The van der Waals surface area contributed by atoms with Crippen LogP contribution in [0.3, 0.4) is 0 Å². The van der Waals surface area contributed by atoms with E-state index in [-0.39, 0.29) is 18.0 Å². The number of fused-ring (bicyclic) bond motifs is 1. The molecular formula is C26H34ClFN6O. The predicted molar refractivity (Wildman–Crippen MR) is 139 cm³/mol. The summed E-state index contributed by atoms with van der Waals surface area (Å²) in [5.74, 6) is -0.917.